The highest BCUT2D eigenvalue weighted by Gasteiger charge is 2.12. The fourth-order valence-corrected chi connectivity index (χ4v) is 1.67. The van der Waals surface area contributed by atoms with Gasteiger partial charge in [-0.1, -0.05) is 6.07 Å². The first-order valence-electron chi connectivity index (χ1n) is 5.40. The van der Waals surface area contributed by atoms with Crippen molar-refractivity contribution in [3.8, 4) is 0 Å². The van der Waals surface area contributed by atoms with E-state index in [0.717, 1.165) is 10.8 Å². The van der Waals surface area contributed by atoms with E-state index in [2.05, 4.69) is 0 Å². The molecule has 0 fully saturated rings. The SMILES string of the molecule is Nc1cc(Cn2cc(F)c(=O)[nH]c2=O)ccc1[N+](=O)[O-]. The molecule has 2 aromatic rings. The highest BCUT2D eigenvalue weighted by Crippen LogP contribution is 2.22. The fourth-order valence-electron chi connectivity index (χ4n) is 1.67. The highest BCUT2D eigenvalue weighted by atomic mass is 19.1. The Labute approximate surface area is 110 Å². The third-order valence-electron chi connectivity index (χ3n) is 2.61. The Balaban J connectivity index is 2.38. The van der Waals surface area contributed by atoms with Crippen LogP contribution in [-0.4, -0.2) is 14.5 Å². The third kappa shape index (κ3) is 2.55. The number of H-pyrrole nitrogens is 1. The molecule has 0 aliphatic rings. The molecule has 0 aliphatic carbocycles. The van der Waals surface area contributed by atoms with Crippen LogP contribution in [0, 0.1) is 15.9 Å². The van der Waals surface area contributed by atoms with E-state index in [1.54, 1.807) is 0 Å². The minimum atomic E-state index is -1.10. The molecule has 8 nitrogen and oxygen atoms in total. The molecule has 0 radical (unpaired) electrons. The van der Waals surface area contributed by atoms with Crippen molar-refractivity contribution in [2.24, 2.45) is 0 Å². The first-order valence-corrected chi connectivity index (χ1v) is 5.40. The number of aromatic nitrogens is 2. The van der Waals surface area contributed by atoms with Gasteiger partial charge in [0.05, 0.1) is 17.7 Å². The summed E-state index contributed by atoms with van der Waals surface area (Å²) in [6, 6.07) is 3.90. The number of halogens is 1. The maximum atomic E-state index is 13.1. The molecule has 0 aliphatic heterocycles. The summed E-state index contributed by atoms with van der Waals surface area (Å²) in [5.74, 6) is -1.10. The second-order valence-corrected chi connectivity index (χ2v) is 4.01. The molecule has 20 heavy (non-hydrogen) atoms. The molecule has 3 N–H and O–H groups in total. The molecular weight excluding hydrogens is 271 g/mol. The van der Waals surface area contributed by atoms with Crippen molar-refractivity contribution in [3.05, 3.63) is 66.7 Å². The smallest absolute Gasteiger partial charge is 0.328 e. The molecule has 0 saturated heterocycles. The van der Waals surface area contributed by atoms with E-state index in [4.69, 9.17) is 5.73 Å². The minimum Gasteiger partial charge on any atom is -0.393 e. The van der Waals surface area contributed by atoms with Crippen molar-refractivity contribution in [1.29, 1.82) is 0 Å². The number of nitro benzene ring substituents is 1. The van der Waals surface area contributed by atoms with Crippen LogP contribution in [0.3, 0.4) is 0 Å². The van der Waals surface area contributed by atoms with Gasteiger partial charge in [0.2, 0.25) is 5.82 Å². The average Bonchev–Trinajstić information content (AvgIpc) is 2.35. The van der Waals surface area contributed by atoms with Gasteiger partial charge in [0, 0.05) is 6.07 Å². The predicted molar refractivity (Wildman–Crippen MR) is 67.9 cm³/mol. The molecule has 1 aromatic heterocycles. The van der Waals surface area contributed by atoms with Crippen LogP contribution >= 0.6 is 0 Å². The third-order valence-corrected chi connectivity index (χ3v) is 2.61. The van der Waals surface area contributed by atoms with E-state index in [-0.39, 0.29) is 17.9 Å². The van der Waals surface area contributed by atoms with Crippen molar-refractivity contribution >= 4 is 11.4 Å². The lowest BCUT2D eigenvalue weighted by molar-refractivity contribution is -0.383. The van der Waals surface area contributed by atoms with Gasteiger partial charge < -0.3 is 5.73 Å². The van der Waals surface area contributed by atoms with Gasteiger partial charge in [-0.25, -0.2) is 4.79 Å². The van der Waals surface area contributed by atoms with Crippen molar-refractivity contribution in [2.45, 2.75) is 6.54 Å². The second-order valence-electron chi connectivity index (χ2n) is 4.01. The van der Waals surface area contributed by atoms with E-state index >= 15 is 0 Å². The highest BCUT2D eigenvalue weighted by molar-refractivity contribution is 5.59. The lowest BCUT2D eigenvalue weighted by Crippen LogP contribution is -2.31. The van der Waals surface area contributed by atoms with Crippen LogP contribution < -0.4 is 17.0 Å². The summed E-state index contributed by atoms with van der Waals surface area (Å²) in [6.45, 7) is -0.0747. The van der Waals surface area contributed by atoms with Crippen LogP contribution in [0.1, 0.15) is 5.56 Å². The van der Waals surface area contributed by atoms with Gasteiger partial charge in [0.1, 0.15) is 5.69 Å². The Morgan fingerprint density at radius 3 is 2.70 bits per heavy atom. The molecule has 0 amide bonds. The Bertz CT molecular complexity index is 796. The predicted octanol–water partition coefficient (Wildman–Crippen LogP) is 0.214. The van der Waals surface area contributed by atoms with Crippen LogP contribution in [0.2, 0.25) is 0 Å². The number of hydrogen-bond donors (Lipinski definition) is 2. The summed E-state index contributed by atoms with van der Waals surface area (Å²) >= 11 is 0. The maximum absolute atomic E-state index is 13.1. The molecular formula is C11H9FN4O4. The van der Waals surface area contributed by atoms with E-state index in [1.165, 1.54) is 18.2 Å². The van der Waals surface area contributed by atoms with Gasteiger partial charge in [-0.05, 0) is 11.6 Å². The average molecular weight is 280 g/mol. The van der Waals surface area contributed by atoms with Crippen LogP contribution in [0.5, 0.6) is 0 Å². The van der Waals surface area contributed by atoms with Gasteiger partial charge in [0.25, 0.3) is 11.2 Å². The molecule has 1 aromatic carbocycles. The normalized spacial score (nSPS) is 10.4. The first kappa shape index (κ1) is 13.5. The van der Waals surface area contributed by atoms with Crippen LogP contribution in [-0.2, 0) is 6.54 Å². The lowest BCUT2D eigenvalue weighted by Gasteiger charge is -2.06. The Morgan fingerprint density at radius 2 is 2.10 bits per heavy atom. The van der Waals surface area contributed by atoms with E-state index in [0.29, 0.717) is 5.56 Å². The zero-order valence-electron chi connectivity index (χ0n) is 10.00. The minimum absolute atomic E-state index is 0.0644. The summed E-state index contributed by atoms with van der Waals surface area (Å²) in [7, 11) is 0. The van der Waals surface area contributed by atoms with Crippen molar-refractivity contribution in [1.82, 2.24) is 9.55 Å². The van der Waals surface area contributed by atoms with E-state index < -0.39 is 22.0 Å². The van der Waals surface area contributed by atoms with Crippen LogP contribution in [0.4, 0.5) is 15.8 Å². The van der Waals surface area contributed by atoms with E-state index in [1.807, 2.05) is 4.98 Å². The quantitative estimate of drug-likeness (QED) is 0.472. The number of rotatable bonds is 3. The Morgan fingerprint density at radius 1 is 1.40 bits per heavy atom. The van der Waals surface area contributed by atoms with Crippen molar-refractivity contribution in [3.63, 3.8) is 0 Å². The number of nitrogen functional groups attached to an aromatic ring is 1. The Hall–Kier alpha value is -2.97. The number of nitrogens with zero attached hydrogens (tertiary/aromatic N) is 2. The summed E-state index contributed by atoms with van der Waals surface area (Å²) in [4.78, 5) is 34.1. The lowest BCUT2D eigenvalue weighted by atomic mass is 10.1. The van der Waals surface area contributed by atoms with Gasteiger partial charge >= 0.3 is 5.69 Å². The molecule has 0 saturated carbocycles. The zero-order chi connectivity index (χ0) is 14.9. The molecule has 9 heteroatoms. The molecule has 2 rings (SSSR count). The number of nitrogens with two attached hydrogens (primary N) is 1. The molecule has 1 heterocycles. The van der Waals surface area contributed by atoms with Crippen molar-refractivity contribution < 1.29 is 9.31 Å². The number of anilines is 1. The maximum Gasteiger partial charge on any atom is 0.328 e. The summed E-state index contributed by atoms with van der Waals surface area (Å²) in [6.07, 6.45) is 0.763. The van der Waals surface area contributed by atoms with Crippen molar-refractivity contribution in [2.75, 3.05) is 5.73 Å². The van der Waals surface area contributed by atoms with Crippen LogP contribution in [0.15, 0.2) is 34.0 Å². The largest absolute Gasteiger partial charge is 0.393 e. The van der Waals surface area contributed by atoms with Crippen LogP contribution in [0.25, 0.3) is 0 Å². The fraction of sp³-hybridized carbons (Fsp3) is 0.0909. The number of aromatic amines is 1. The number of nitrogens with one attached hydrogen (secondary N) is 1. The summed E-state index contributed by atoms with van der Waals surface area (Å²) in [5.41, 5.74) is 3.76. The van der Waals surface area contributed by atoms with Gasteiger partial charge in [-0.15, -0.1) is 0 Å². The van der Waals surface area contributed by atoms with E-state index in [9.17, 15) is 24.1 Å². The topological polar surface area (TPSA) is 124 Å². The number of benzene rings is 1. The first-order chi connectivity index (χ1) is 9.38. The summed E-state index contributed by atoms with van der Waals surface area (Å²) < 4.78 is 14.0. The second kappa shape index (κ2) is 4.96. The van der Waals surface area contributed by atoms with Gasteiger partial charge in [-0.2, -0.15) is 4.39 Å². The van der Waals surface area contributed by atoms with Gasteiger partial charge in [0.15, 0.2) is 0 Å². The zero-order valence-corrected chi connectivity index (χ0v) is 10.00. The molecule has 0 spiro atoms. The molecule has 0 unspecified atom stereocenters. The molecule has 0 bridgehead atoms. The molecule has 104 valence electrons. The Kier molecular flexibility index (Phi) is 3.34. The van der Waals surface area contributed by atoms with Gasteiger partial charge in [-0.3, -0.25) is 24.5 Å². The number of nitro groups is 1. The monoisotopic (exact) mass is 280 g/mol. The molecule has 0 atom stereocenters. The number of hydrogen-bond acceptors (Lipinski definition) is 5. The standard InChI is InChI=1S/C11H9FN4O4/c12-7-5-15(11(18)14-10(7)17)4-6-1-2-9(16(19)20)8(13)3-6/h1-3,5H,4,13H2,(H,14,17,18). The summed E-state index contributed by atoms with van der Waals surface area (Å²) in [5, 5.41) is 10.6.